The maximum Gasteiger partial charge on any atom is 0.250 e. The lowest BCUT2D eigenvalue weighted by Gasteiger charge is -2.38. The number of nitrogens with one attached hydrogen (secondary N) is 2. The van der Waals surface area contributed by atoms with Gasteiger partial charge in [0.25, 0.3) is 0 Å². The number of fused-ring (bicyclic) bond motifs is 1. The van der Waals surface area contributed by atoms with Gasteiger partial charge >= 0.3 is 0 Å². The van der Waals surface area contributed by atoms with E-state index >= 15 is 0 Å². The molecule has 3 fully saturated rings. The molecule has 1 aromatic rings. The number of likely N-dealkylation sites (tertiary alicyclic amines) is 1. The van der Waals surface area contributed by atoms with E-state index in [1.54, 1.807) is 24.3 Å². The number of carbonyl (C=O) groups is 3. The number of ether oxygens (including phenoxy) is 1. The molecule has 1 aromatic carbocycles. The predicted molar refractivity (Wildman–Crippen MR) is 114 cm³/mol. The zero-order chi connectivity index (χ0) is 22.5. The van der Waals surface area contributed by atoms with Crippen LogP contribution in [0.2, 0.25) is 5.02 Å². The standard InChI is InChI=1S/C22H28ClN3O5/c1-11(2)14(10-27)26-18(20(29)25-13-6-4-12(23)5-7-13)22-9-8-15(31-22)16(19(28)24-3)17(22)21(26)30/h4-7,11,14-18,27H,8-10H2,1-3H3,(H,24,28)(H,25,29)/t14-,15-,16+,17-,18?,22?/m0/s1. The molecule has 6 atom stereocenters. The highest BCUT2D eigenvalue weighted by Crippen LogP contribution is 2.59. The summed E-state index contributed by atoms with van der Waals surface area (Å²) in [7, 11) is 1.54. The van der Waals surface area contributed by atoms with Crippen LogP contribution in [-0.4, -0.2) is 65.2 Å². The van der Waals surface area contributed by atoms with Crippen LogP contribution in [0.15, 0.2) is 24.3 Å². The van der Waals surface area contributed by atoms with Gasteiger partial charge in [-0.2, -0.15) is 0 Å². The molecule has 2 unspecified atom stereocenters. The number of amides is 3. The minimum atomic E-state index is -1.09. The van der Waals surface area contributed by atoms with Gasteiger partial charge in [0, 0.05) is 17.8 Å². The maximum atomic E-state index is 13.7. The van der Waals surface area contributed by atoms with Crippen LogP contribution in [0.5, 0.6) is 0 Å². The fourth-order valence-electron chi connectivity index (χ4n) is 5.58. The molecule has 31 heavy (non-hydrogen) atoms. The topological polar surface area (TPSA) is 108 Å². The minimum absolute atomic E-state index is 0.0920. The minimum Gasteiger partial charge on any atom is -0.394 e. The van der Waals surface area contributed by atoms with E-state index in [2.05, 4.69) is 10.6 Å². The van der Waals surface area contributed by atoms with Crippen LogP contribution in [-0.2, 0) is 19.1 Å². The van der Waals surface area contributed by atoms with Crippen LogP contribution in [0.25, 0.3) is 0 Å². The summed E-state index contributed by atoms with van der Waals surface area (Å²) in [4.78, 5) is 41.4. The van der Waals surface area contributed by atoms with E-state index < -0.39 is 41.5 Å². The quantitative estimate of drug-likeness (QED) is 0.608. The number of carbonyl (C=O) groups excluding carboxylic acids is 3. The summed E-state index contributed by atoms with van der Waals surface area (Å²) in [6, 6.07) is 5.19. The SMILES string of the molecule is CNC(=O)[C@@H]1[C@@H]2CCC3(O2)C(C(=O)Nc2ccc(Cl)cc2)N([C@@H](CO)C(C)C)C(=O)[C@H]13. The molecule has 3 saturated heterocycles. The molecule has 3 aliphatic heterocycles. The lowest BCUT2D eigenvalue weighted by atomic mass is 9.70. The Hall–Kier alpha value is -2.16. The summed E-state index contributed by atoms with van der Waals surface area (Å²) in [5.74, 6) is -2.44. The molecule has 3 heterocycles. The van der Waals surface area contributed by atoms with E-state index in [1.807, 2.05) is 13.8 Å². The average Bonchev–Trinajstić information content (AvgIpc) is 3.37. The van der Waals surface area contributed by atoms with E-state index in [0.29, 0.717) is 23.6 Å². The molecule has 3 aliphatic rings. The number of nitrogens with zero attached hydrogens (tertiary/aromatic N) is 1. The van der Waals surface area contributed by atoms with Crippen LogP contribution in [0.1, 0.15) is 26.7 Å². The third-order valence-corrected chi connectivity index (χ3v) is 7.21. The molecule has 8 nitrogen and oxygen atoms in total. The summed E-state index contributed by atoms with van der Waals surface area (Å²) in [6.07, 6.45) is 0.715. The molecular formula is C22H28ClN3O5. The molecule has 0 aliphatic carbocycles. The molecule has 0 radical (unpaired) electrons. The Morgan fingerprint density at radius 3 is 2.55 bits per heavy atom. The first-order chi connectivity index (χ1) is 14.7. The molecule has 9 heteroatoms. The number of hydrogen-bond donors (Lipinski definition) is 3. The number of halogens is 1. The molecule has 168 valence electrons. The van der Waals surface area contributed by atoms with Gasteiger partial charge in [-0.15, -0.1) is 0 Å². The van der Waals surface area contributed by atoms with Gasteiger partial charge < -0.3 is 25.4 Å². The second-order valence-electron chi connectivity index (χ2n) is 8.91. The number of aliphatic hydroxyl groups is 1. The van der Waals surface area contributed by atoms with Crippen molar-refractivity contribution >= 4 is 35.0 Å². The molecule has 0 aromatic heterocycles. The first-order valence-corrected chi connectivity index (χ1v) is 11.0. The van der Waals surface area contributed by atoms with Crippen molar-refractivity contribution in [2.24, 2.45) is 17.8 Å². The zero-order valence-electron chi connectivity index (χ0n) is 17.8. The fourth-order valence-corrected chi connectivity index (χ4v) is 5.70. The van der Waals surface area contributed by atoms with Crippen LogP contribution in [0, 0.1) is 17.8 Å². The van der Waals surface area contributed by atoms with Gasteiger partial charge in [0.15, 0.2) is 0 Å². The van der Waals surface area contributed by atoms with Crippen LogP contribution in [0.4, 0.5) is 5.69 Å². The Kier molecular flexibility index (Phi) is 5.74. The zero-order valence-corrected chi connectivity index (χ0v) is 18.6. The summed E-state index contributed by atoms with van der Waals surface area (Å²) in [5, 5.41) is 16.1. The largest absolute Gasteiger partial charge is 0.394 e. The van der Waals surface area contributed by atoms with Crippen molar-refractivity contribution in [1.29, 1.82) is 0 Å². The van der Waals surface area contributed by atoms with Gasteiger partial charge in [-0.05, 0) is 43.0 Å². The molecule has 3 amide bonds. The van der Waals surface area contributed by atoms with E-state index in [4.69, 9.17) is 16.3 Å². The molecule has 0 saturated carbocycles. The first-order valence-electron chi connectivity index (χ1n) is 10.6. The Bertz CT molecular complexity index is 892. The predicted octanol–water partition coefficient (Wildman–Crippen LogP) is 1.42. The Balaban J connectivity index is 1.75. The Morgan fingerprint density at radius 1 is 1.29 bits per heavy atom. The highest BCUT2D eigenvalue weighted by atomic mass is 35.5. The van der Waals surface area contributed by atoms with Gasteiger partial charge in [-0.3, -0.25) is 14.4 Å². The number of anilines is 1. The third kappa shape index (κ3) is 3.32. The number of aliphatic hydroxyl groups excluding tert-OH is 1. The summed E-state index contributed by atoms with van der Waals surface area (Å²) in [5.41, 5.74) is -0.542. The van der Waals surface area contributed by atoms with Gasteiger partial charge in [0.05, 0.1) is 30.6 Å². The second kappa shape index (κ2) is 8.07. The van der Waals surface area contributed by atoms with E-state index in [-0.39, 0.29) is 24.3 Å². The maximum absolute atomic E-state index is 13.7. The smallest absolute Gasteiger partial charge is 0.250 e. The molecule has 4 rings (SSSR count). The monoisotopic (exact) mass is 449 g/mol. The van der Waals surface area contributed by atoms with E-state index in [0.717, 1.165) is 0 Å². The van der Waals surface area contributed by atoms with Crippen molar-refractivity contribution in [3.05, 3.63) is 29.3 Å². The molecular weight excluding hydrogens is 422 g/mol. The molecule has 3 N–H and O–H groups in total. The van der Waals surface area contributed by atoms with Crippen LogP contribution in [0.3, 0.4) is 0 Å². The van der Waals surface area contributed by atoms with Gasteiger partial charge in [0.2, 0.25) is 17.7 Å². The number of hydrogen-bond acceptors (Lipinski definition) is 5. The van der Waals surface area contributed by atoms with Crippen LogP contribution >= 0.6 is 11.6 Å². The summed E-state index contributed by atoms with van der Waals surface area (Å²) < 4.78 is 6.30. The average molecular weight is 450 g/mol. The molecule has 2 bridgehead atoms. The Morgan fingerprint density at radius 2 is 1.97 bits per heavy atom. The highest BCUT2D eigenvalue weighted by Gasteiger charge is 2.75. The second-order valence-corrected chi connectivity index (χ2v) is 9.34. The fraction of sp³-hybridized carbons (Fsp3) is 0.591. The van der Waals surface area contributed by atoms with Gasteiger partial charge in [-0.1, -0.05) is 25.4 Å². The summed E-state index contributed by atoms with van der Waals surface area (Å²) in [6.45, 7) is 3.50. The molecule has 1 spiro atoms. The van der Waals surface area contributed by atoms with Crippen molar-refractivity contribution in [2.75, 3.05) is 19.0 Å². The summed E-state index contributed by atoms with van der Waals surface area (Å²) >= 11 is 5.94. The van der Waals surface area contributed by atoms with Gasteiger partial charge in [0.1, 0.15) is 11.6 Å². The number of rotatable bonds is 6. The van der Waals surface area contributed by atoms with E-state index in [9.17, 15) is 19.5 Å². The highest BCUT2D eigenvalue weighted by molar-refractivity contribution is 6.30. The number of benzene rings is 1. The van der Waals surface area contributed by atoms with Crippen molar-refractivity contribution in [3.8, 4) is 0 Å². The first kappa shape index (κ1) is 22.0. The van der Waals surface area contributed by atoms with Crippen LogP contribution < -0.4 is 10.6 Å². The van der Waals surface area contributed by atoms with E-state index in [1.165, 1.54) is 11.9 Å². The Labute approximate surface area is 186 Å². The van der Waals surface area contributed by atoms with Crippen molar-refractivity contribution in [2.45, 2.75) is 50.5 Å². The van der Waals surface area contributed by atoms with Crippen molar-refractivity contribution < 1.29 is 24.2 Å². The van der Waals surface area contributed by atoms with Crippen molar-refractivity contribution in [1.82, 2.24) is 10.2 Å². The van der Waals surface area contributed by atoms with Crippen molar-refractivity contribution in [3.63, 3.8) is 0 Å². The van der Waals surface area contributed by atoms with Gasteiger partial charge in [-0.25, -0.2) is 0 Å². The third-order valence-electron chi connectivity index (χ3n) is 6.96. The normalized spacial score (nSPS) is 32.3. The lowest BCUT2D eigenvalue weighted by Crippen LogP contribution is -2.57. The lowest BCUT2D eigenvalue weighted by molar-refractivity contribution is -0.145.